The Labute approximate surface area is 124 Å². The van der Waals surface area contributed by atoms with E-state index in [2.05, 4.69) is 0 Å². The van der Waals surface area contributed by atoms with Gasteiger partial charge >= 0.3 is 12.3 Å². The molecule has 0 unspecified atom stereocenters. The highest BCUT2D eigenvalue weighted by Gasteiger charge is 1.24. The molecule has 0 fully saturated rings. The minimum Gasteiger partial charge on any atom is -0.307 e. The predicted molar refractivity (Wildman–Crippen MR) is 72.9 cm³/mol. The van der Waals surface area contributed by atoms with Gasteiger partial charge in [0.1, 0.15) is 32.9 Å². The van der Waals surface area contributed by atoms with Crippen LogP contribution in [0.1, 0.15) is 35.1 Å². The molecule has 0 aliphatic heterocycles. The Morgan fingerprint density at radius 2 is 0.619 bits per heavy atom. The van der Waals surface area contributed by atoms with E-state index < -0.39 is 0 Å². The Balaban J connectivity index is -0.0000000112. The molecule has 0 saturated carbocycles. The number of rotatable bonds is 0. The highest BCUT2D eigenvalue weighted by Crippen LogP contribution is 1.15. The number of carbonyl (C=O) groups is 5. The van der Waals surface area contributed by atoms with Crippen LogP contribution in [0.4, 0.5) is 0 Å². The average Bonchev–Trinajstić information content (AvgIpc) is 2.50. The Bertz CT molecular complexity index is 158. The van der Waals surface area contributed by atoms with Crippen molar-refractivity contribution >= 4 is 45.2 Å². The van der Waals surface area contributed by atoms with Gasteiger partial charge in [-0.25, -0.2) is 0 Å². The maximum absolute atomic E-state index is 8.81. The van der Waals surface area contributed by atoms with Crippen molar-refractivity contribution in [1.82, 2.24) is 0 Å². The number of aldehydes is 2. The van der Waals surface area contributed by atoms with Crippen LogP contribution in [0.2, 0.25) is 0 Å². The normalized spacial score (nSPS) is 2.86. The van der Waals surface area contributed by atoms with Crippen molar-refractivity contribution in [1.29, 1.82) is 0 Å². The van der Waals surface area contributed by atoms with Gasteiger partial charge in [0, 0.05) is 0 Å². The SMILES string of the molecule is C.C=O.C=O.C=O.CC.CC=O.CC=O.O=C=O.O=C=O. The quantitative estimate of drug-likeness (QED) is 0.576. The zero-order chi connectivity index (χ0) is 18.8. The van der Waals surface area contributed by atoms with Gasteiger partial charge in [-0.3, -0.25) is 0 Å². The van der Waals surface area contributed by atoms with Gasteiger partial charge in [-0.05, 0) is 13.8 Å². The van der Waals surface area contributed by atoms with Crippen molar-refractivity contribution in [3.05, 3.63) is 0 Å². The molecule has 0 bridgehead atoms. The summed E-state index contributed by atoms with van der Waals surface area (Å²) in [7, 11) is 0. The number of hydrogen-bond acceptors (Lipinski definition) is 9. The molecule has 126 valence electrons. The van der Waals surface area contributed by atoms with Gasteiger partial charge in [0.05, 0.1) is 0 Å². The maximum atomic E-state index is 8.81. The van der Waals surface area contributed by atoms with Crippen molar-refractivity contribution in [2.24, 2.45) is 0 Å². The third-order valence-corrected chi connectivity index (χ3v) is 0. The van der Waals surface area contributed by atoms with E-state index in [-0.39, 0.29) is 19.7 Å². The zero-order valence-corrected chi connectivity index (χ0v) is 12.0. The molecular formula is C12H24O9. The van der Waals surface area contributed by atoms with Gasteiger partial charge < -0.3 is 24.0 Å². The van der Waals surface area contributed by atoms with Gasteiger partial charge in [-0.1, -0.05) is 21.3 Å². The summed E-state index contributed by atoms with van der Waals surface area (Å²) in [6.45, 7) is 12.9. The Morgan fingerprint density at radius 3 is 0.619 bits per heavy atom. The van der Waals surface area contributed by atoms with Crippen molar-refractivity contribution in [2.75, 3.05) is 0 Å². The molecule has 0 radical (unpaired) electrons. The van der Waals surface area contributed by atoms with Crippen LogP contribution in [0.25, 0.3) is 0 Å². The molecule has 0 saturated heterocycles. The molecule has 9 heteroatoms. The zero-order valence-electron chi connectivity index (χ0n) is 12.0. The minimum absolute atomic E-state index is 0. The van der Waals surface area contributed by atoms with Crippen LogP contribution < -0.4 is 0 Å². The first-order valence-electron chi connectivity index (χ1n) is 4.31. The molecule has 0 aromatic rings. The fourth-order valence-corrected chi connectivity index (χ4v) is 0. The van der Waals surface area contributed by atoms with E-state index in [4.69, 9.17) is 43.2 Å². The average molecular weight is 312 g/mol. The maximum Gasteiger partial charge on any atom is 0.373 e. The summed E-state index contributed by atoms with van der Waals surface area (Å²) in [6, 6.07) is 0. The number of hydrogen-bond donors (Lipinski definition) is 0. The molecular weight excluding hydrogens is 288 g/mol. The van der Waals surface area contributed by atoms with Gasteiger partial charge in [-0.2, -0.15) is 19.2 Å². The van der Waals surface area contributed by atoms with E-state index in [1.54, 1.807) is 0 Å². The van der Waals surface area contributed by atoms with Gasteiger partial charge in [0.15, 0.2) is 0 Å². The molecule has 21 heavy (non-hydrogen) atoms. The first-order chi connectivity index (χ1) is 9.66. The lowest BCUT2D eigenvalue weighted by molar-refractivity contribution is -0.193. The fourth-order valence-electron chi connectivity index (χ4n) is 0. The van der Waals surface area contributed by atoms with Crippen LogP contribution in [0, 0.1) is 0 Å². The van der Waals surface area contributed by atoms with Crippen LogP contribution in [-0.4, -0.2) is 45.2 Å². The first kappa shape index (κ1) is 63.9. The molecule has 0 aliphatic carbocycles. The van der Waals surface area contributed by atoms with Crippen molar-refractivity contribution in [3.8, 4) is 0 Å². The molecule has 0 amide bonds. The summed E-state index contributed by atoms with van der Waals surface area (Å²) in [4.78, 5) is 74.1. The lowest BCUT2D eigenvalue weighted by atomic mass is 11.0. The highest BCUT2D eigenvalue weighted by molar-refractivity contribution is 5.44. The van der Waals surface area contributed by atoms with Crippen LogP contribution in [0.15, 0.2) is 0 Å². The smallest absolute Gasteiger partial charge is 0.307 e. The topological polar surface area (TPSA) is 154 Å². The van der Waals surface area contributed by atoms with E-state index >= 15 is 0 Å². The lowest BCUT2D eigenvalue weighted by Gasteiger charge is -1.24. The second-order valence-corrected chi connectivity index (χ2v) is 0.638. The lowest BCUT2D eigenvalue weighted by Crippen LogP contribution is -1.36. The fraction of sp³-hybridized carbons (Fsp3) is 0.417. The first-order valence-corrected chi connectivity index (χ1v) is 4.31. The van der Waals surface area contributed by atoms with Crippen molar-refractivity contribution < 1.29 is 43.2 Å². The molecule has 0 rings (SSSR count). The molecule has 0 heterocycles. The van der Waals surface area contributed by atoms with Crippen molar-refractivity contribution in [2.45, 2.75) is 35.1 Å². The number of carbonyl (C=O) groups excluding carboxylic acids is 9. The molecule has 0 N–H and O–H groups in total. The Hall–Kier alpha value is -2.89. The minimum atomic E-state index is 0. The highest BCUT2D eigenvalue weighted by atomic mass is 16.2. The third kappa shape index (κ3) is 468. The second kappa shape index (κ2) is 3600. The summed E-state index contributed by atoms with van der Waals surface area (Å²) >= 11 is 0. The molecule has 0 aliphatic rings. The van der Waals surface area contributed by atoms with Crippen LogP contribution in [0.3, 0.4) is 0 Å². The van der Waals surface area contributed by atoms with E-state index in [0.29, 0.717) is 0 Å². The molecule has 0 spiro atoms. The monoisotopic (exact) mass is 312 g/mol. The summed E-state index contributed by atoms with van der Waals surface area (Å²) in [6.07, 6.45) is 2.00. The van der Waals surface area contributed by atoms with Crippen LogP contribution >= 0.6 is 0 Å². The Morgan fingerprint density at radius 1 is 0.619 bits per heavy atom. The largest absolute Gasteiger partial charge is 0.373 e. The van der Waals surface area contributed by atoms with Crippen molar-refractivity contribution in [3.63, 3.8) is 0 Å². The van der Waals surface area contributed by atoms with E-state index in [1.165, 1.54) is 13.8 Å². The third-order valence-electron chi connectivity index (χ3n) is 0. The van der Waals surface area contributed by atoms with Crippen LogP contribution in [-0.2, 0) is 43.2 Å². The molecule has 9 nitrogen and oxygen atoms in total. The van der Waals surface area contributed by atoms with Crippen LogP contribution in [0.5, 0.6) is 0 Å². The van der Waals surface area contributed by atoms with Gasteiger partial charge in [-0.15, -0.1) is 0 Å². The van der Waals surface area contributed by atoms with Gasteiger partial charge in [0.2, 0.25) is 0 Å². The molecule has 0 atom stereocenters. The van der Waals surface area contributed by atoms with E-state index in [9.17, 15) is 0 Å². The predicted octanol–water partition coefficient (Wildman–Crippen LogP) is 0.351. The summed E-state index contributed by atoms with van der Waals surface area (Å²) in [5, 5.41) is 0. The standard InChI is InChI=1S/2C2H4O.C2H6.2CO2.3CH2O.CH4/c2*1-2-3;1-2;2*2-1-3;3*1-2;/h2*2H,1H3;1-2H3;;;3*1H2;1H4. The van der Waals surface area contributed by atoms with E-state index in [1.807, 2.05) is 34.2 Å². The molecule has 0 aromatic heterocycles. The molecule has 0 aromatic carbocycles. The van der Waals surface area contributed by atoms with Gasteiger partial charge in [0.25, 0.3) is 0 Å². The second-order valence-electron chi connectivity index (χ2n) is 0.638. The van der Waals surface area contributed by atoms with E-state index in [0.717, 1.165) is 12.6 Å². The Kier molecular flexibility index (Phi) is 11000. The summed E-state index contributed by atoms with van der Waals surface area (Å²) < 4.78 is 0. The summed E-state index contributed by atoms with van der Waals surface area (Å²) in [5.74, 6) is 0. The summed E-state index contributed by atoms with van der Waals surface area (Å²) in [5.41, 5.74) is 0.